The molecule has 8 nitrogen and oxygen atoms in total. The number of benzene rings is 1. The number of sulfone groups is 1. The van der Waals surface area contributed by atoms with E-state index in [1.165, 1.54) is 17.6 Å². The minimum absolute atomic E-state index is 0.103. The predicted molar refractivity (Wildman–Crippen MR) is 126 cm³/mol. The van der Waals surface area contributed by atoms with Gasteiger partial charge in [-0.05, 0) is 36.1 Å². The van der Waals surface area contributed by atoms with Gasteiger partial charge in [-0.15, -0.1) is 11.3 Å². The third-order valence-electron chi connectivity index (χ3n) is 5.56. The van der Waals surface area contributed by atoms with Gasteiger partial charge in [0.05, 0.1) is 23.2 Å². The van der Waals surface area contributed by atoms with Crippen LogP contribution in [0.1, 0.15) is 57.2 Å². The molecular formula is C23H27N5O3S2. The van der Waals surface area contributed by atoms with Crippen LogP contribution in [0.15, 0.2) is 41.6 Å². The average molecular weight is 486 g/mol. The lowest BCUT2D eigenvalue weighted by Crippen LogP contribution is -2.27. The first kappa shape index (κ1) is 23.5. The highest BCUT2D eigenvalue weighted by molar-refractivity contribution is 7.90. The molecule has 33 heavy (non-hydrogen) atoms. The van der Waals surface area contributed by atoms with Crippen LogP contribution in [0.2, 0.25) is 0 Å². The molecule has 0 unspecified atom stereocenters. The molecule has 1 N–H and O–H groups in total. The van der Waals surface area contributed by atoms with Gasteiger partial charge in [-0.3, -0.25) is 9.69 Å². The number of amides is 1. The smallest absolute Gasteiger partial charge is 0.280 e. The van der Waals surface area contributed by atoms with E-state index < -0.39 is 9.84 Å². The van der Waals surface area contributed by atoms with E-state index in [4.69, 9.17) is 4.98 Å². The Morgan fingerprint density at radius 2 is 1.88 bits per heavy atom. The highest BCUT2D eigenvalue weighted by atomic mass is 32.2. The highest BCUT2D eigenvalue weighted by Crippen LogP contribution is 2.41. The third-order valence-corrected chi connectivity index (χ3v) is 7.74. The number of nitrogens with one attached hydrogen (secondary N) is 1. The summed E-state index contributed by atoms with van der Waals surface area (Å²) in [4.78, 5) is 30.0. The van der Waals surface area contributed by atoms with Gasteiger partial charge in [0.1, 0.15) is 5.82 Å². The van der Waals surface area contributed by atoms with E-state index >= 15 is 0 Å². The summed E-state index contributed by atoms with van der Waals surface area (Å²) in [6, 6.07) is 6.62. The molecule has 0 fully saturated rings. The van der Waals surface area contributed by atoms with E-state index in [1.807, 2.05) is 19.3 Å². The fourth-order valence-electron chi connectivity index (χ4n) is 3.95. The quantitative estimate of drug-likeness (QED) is 0.547. The SMILES string of the molecule is Cc1cnc(CN2Cc3sc(C(=O)NCc4ccc(S(C)(=O)=O)cc4)nc3[C@@H]2C(C)C)nc1. The zero-order valence-corrected chi connectivity index (χ0v) is 20.7. The van der Waals surface area contributed by atoms with Crippen molar-refractivity contribution in [2.24, 2.45) is 5.92 Å². The Morgan fingerprint density at radius 3 is 2.48 bits per heavy atom. The zero-order valence-electron chi connectivity index (χ0n) is 19.1. The molecule has 3 heterocycles. The monoisotopic (exact) mass is 485 g/mol. The summed E-state index contributed by atoms with van der Waals surface area (Å²) in [7, 11) is -3.24. The van der Waals surface area contributed by atoms with Crippen molar-refractivity contribution in [2.75, 3.05) is 6.26 Å². The molecule has 0 aliphatic carbocycles. The standard InChI is InChI=1S/C23H27N5O3S2/c1-14(2)21-20-18(12-28(21)13-19-24-9-15(3)10-25-19)32-23(27-20)22(29)26-11-16-5-7-17(8-6-16)33(4,30)31/h5-10,14,21H,11-13H2,1-4H3,(H,26,29)/t21-/m0/s1. The molecule has 3 aromatic rings. The van der Waals surface area contributed by atoms with Crippen molar-refractivity contribution in [1.29, 1.82) is 0 Å². The van der Waals surface area contributed by atoms with Crippen LogP contribution in [-0.2, 0) is 29.5 Å². The number of carbonyl (C=O) groups is 1. The van der Waals surface area contributed by atoms with Crippen LogP contribution < -0.4 is 5.32 Å². The van der Waals surface area contributed by atoms with Gasteiger partial charge in [-0.25, -0.2) is 23.4 Å². The lowest BCUT2D eigenvalue weighted by Gasteiger charge is -2.26. The molecule has 0 radical (unpaired) electrons. The first-order chi connectivity index (χ1) is 15.6. The van der Waals surface area contributed by atoms with Crippen molar-refractivity contribution < 1.29 is 13.2 Å². The summed E-state index contributed by atoms with van der Waals surface area (Å²) in [5.74, 6) is 0.877. The summed E-state index contributed by atoms with van der Waals surface area (Å²) in [6.07, 6.45) is 4.83. The summed E-state index contributed by atoms with van der Waals surface area (Å²) in [5.41, 5.74) is 2.82. The van der Waals surface area contributed by atoms with Crippen LogP contribution in [0.4, 0.5) is 0 Å². The number of nitrogens with zero attached hydrogens (tertiary/aromatic N) is 4. The van der Waals surface area contributed by atoms with Gasteiger partial charge in [-0.2, -0.15) is 0 Å². The molecular weight excluding hydrogens is 458 g/mol. The number of rotatable bonds is 7. The Balaban J connectivity index is 1.43. The second-order valence-electron chi connectivity index (χ2n) is 8.70. The lowest BCUT2D eigenvalue weighted by atomic mass is 10.0. The second-order valence-corrected chi connectivity index (χ2v) is 11.8. The molecule has 0 saturated heterocycles. The first-order valence-electron chi connectivity index (χ1n) is 10.7. The minimum atomic E-state index is -3.24. The van der Waals surface area contributed by atoms with E-state index in [1.54, 1.807) is 24.3 Å². The van der Waals surface area contributed by atoms with Crippen LogP contribution >= 0.6 is 11.3 Å². The van der Waals surface area contributed by atoms with Crippen LogP contribution in [0.25, 0.3) is 0 Å². The largest absolute Gasteiger partial charge is 0.346 e. The number of aromatic nitrogens is 3. The normalized spacial score (nSPS) is 16.2. The Bertz CT molecular complexity index is 1250. The summed E-state index contributed by atoms with van der Waals surface area (Å²) < 4.78 is 23.2. The molecule has 174 valence electrons. The molecule has 1 aromatic carbocycles. The molecule has 2 aromatic heterocycles. The van der Waals surface area contributed by atoms with Gasteiger partial charge in [0.2, 0.25) is 0 Å². The van der Waals surface area contributed by atoms with Crippen LogP contribution in [0.5, 0.6) is 0 Å². The van der Waals surface area contributed by atoms with Crippen molar-refractivity contribution in [1.82, 2.24) is 25.2 Å². The predicted octanol–water partition coefficient (Wildman–Crippen LogP) is 3.29. The second kappa shape index (κ2) is 9.28. The van der Waals surface area contributed by atoms with Crippen LogP contribution in [0, 0.1) is 12.8 Å². The molecule has 10 heteroatoms. The molecule has 1 aliphatic heterocycles. The maximum Gasteiger partial charge on any atom is 0.280 e. The Labute approximate surface area is 198 Å². The Kier molecular flexibility index (Phi) is 6.60. The van der Waals surface area contributed by atoms with Gasteiger partial charge < -0.3 is 5.32 Å². The number of hydrogen-bond donors (Lipinski definition) is 1. The van der Waals surface area contributed by atoms with Crippen molar-refractivity contribution in [3.8, 4) is 0 Å². The van der Waals surface area contributed by atoms with E-state index in [2.05, 4.69) is 34.0 Å². The van der Waals surface area contributed by atoms with Crippen molar-refractivity contribution >= 4 is 27.1 Å². The minimum Gasteiger partial charge on any atom is -0.346 e. The molecule has 0 saturated carbocycles. The zero-order chi connectivity index (χ0) is 23.8. The third kappa shape index (κ3) is 5.29. The van der Waals surface area contributed by atoms with Gasteiger partial charge in [0.15, 0.2) is 14.8 Å². The lowest BCUT2D eigenvalue weighted by molar-refractivity contribution is 0.0949. The van der Waals surface area contributed by atoms with E-state index in [0.29, 0.717) is 30.6 Å². The van der Waals surface area contributed by atoms with Crippen molar-refractivity contribution in [3.05, 3.63) is 69.2 Å². The van der Waals surface area contributed by atoms with Crippen LogP contribution in [-0.4, -0.2) is 40.4 Å². The molecule has 1 atom stereocenters. The van der Waals surface area contributed by atoms with E-state index in [-0.39, 0.29) is 16.8 Å². The molecule has 1 amide bonds. The number of hydrogen-bond acceptors (Lipinski definition) is 8. The highest BCUT2D eigenvalue weighted by Gasteiger charge is 2.37. The maximum absolute atomic E-state index is 12.7. The van der Waals surface area contributed by atoms with Gasteiger partial charge in [-0.1, -0.05) is 26.0 Å². The fourth-order valence-corrected chi connectivity index (χ4v) is 5.62. The summed E-state index contributed by atoms with van der Waals surface area (Å²) in [6.45, 7) is 7.93. The molecule has 1 aliphatic rings. The van der Waals surface area contributed by atoms with Gasteiger partial charge in [0.25, 0.3) is 5.91 Å². The molecule has 0 bridgehead atoms. The molecule has 0 spiro atoms. The van der Waals surface area contributed by atoms with Crippen molar-refractivity contribution in [3.63, 3.8) is 0 Å². The topological polar surface area (TPSA) is 105 Å². The number of carbonyl (C=O) groups excluding carboxylic acids is 1. The maximum atomic E-state index is 12.7. The Morgan fingerprint density at radius 1 is 1.21 bits per heavy atom. The average Bonchev–Trinajstić information content (AvgIpc) is 3.30. The van der Waals surface area contributed by atoms with Crippen molar-refractivity contribution in [2.45, 2.75) is 51.3 Å². The van der Waals surface area contributed by atoms with E-state index in [0.717, 1.165) is 27.5 Å². The Hall–Kier alpha value is -2.69. The van der Waals surface area contributed by atoms with Crippen LogP contribution in [0.3, 0.4) is 0 Å². The van der Waals surface area contributed by atoms with Gasteiger partial charge >= 0.3 is 0 Å². The first-order valence-corrected chi connectivity index (χ1v) is 13.4. The fraction of sp³-hybridized carbons (Fsp3) is 0.391. The molecule has 4 rings (SSSR count). The van der Waals surface area contributed by atoms with E-state index in [9.17, 15) is 13.2 Å². The summed E-state index contributed by atoms with van der Waals surface area (Å²) >= 11 is 1.42. The number of thiazole rings is 1. The summed E-state index contributed by atoms with van der Waals surface area (Å²) in [5, 5.41) is 3.34. The van der Waals surface area contributed by atoms with Gasteiger partial charge in [0, 0.05) is 36.6 Å². The number of aryl methyl sites for hydroxylation is 1. The number of fused-ring (bicyclic) bond motifs is 1.